The van der Waals surface area contributed by atoms with Gasteiger partial charge >= 0.3 is 0 Å². The molecule has 0 aromatic rings. The van der Waals surface area contributed by atoms with Gasteiger partial charge in [-0.25, -0.2) is 0 Å². The van der Waals surface area contributed by atoms with Crippen LogP contribution in [-0.2, 0) is 10.2 Å². The van der Waals surface area contributed by atoms with Crippen LogP contribution in [-0.4, -0.2) is 55.8 Å². The van der Waals surface area contributed by atoms with Crippen molar-refractivity contribution in [1.82, 2.24) is 13.9 Å². The van der Waals surface area contributed by atoms with Crippen LogP contribution in [0.25, 0.3) is 0 Å². The zero-order valence-corrected chi connectivity index (χ0v) is 14.7. The summed E-state index contributed by atoms with van der Waals surface area (Å²) in [6, 6.07) is 0.719. The summed E-state index contributed by atoms with van der Waals surface area (Å²) in [5, 5.41) is 3.61. The van der Waals surface area contributed by atoms with Crippen LogP contribution in [0.15, 0.2) is 0 Å². The Balaban J connectivity index is 1.49. The summed E-state index contributed by atoms with van der Waals surface area (Å²) in [7, 11) is -1.48. The Morgan fingerprint density at radius 1 is 1.00 bits per heavy atom. The molecule has 0 atom stereocenters. The van der Waals surface area contributed by atoms with E-state index in [1.54, 1.807) is 15.7 Å². The first-order chi connectivity index (χ1) is 10.6. The van der Waals surface area contributed by atoms with Crippen LogP contribution in [0.2, 0.25) is 0 Å². The van der Waals surface area contributed by atoms with Crippen LogP contribution < -0.4 is 5.32 Å². The molecular formula is C16H31N3O2S. The van der Waals surface area contributed by atoms with Gasteiger partial charge in [-0.15, -0.1) is 0 Å². The maximum atomic E-state index is 12.8. The Kier molecular flexibility index (Phi) is 5.43. The average Bonchev–Trinajstić information content (AvgIpc) is 3.38. The molecule has 1 N–H and O–H groups in total. The van der Waals surface area contributed by atoms with Gasteiger partial charge < -0.3 is 5.32 Å². The number of piperidine rings is 1. The summed E-state index contributed by atoms with van der Waals surface area (Å²) in [6.07, 6.45) is 10.3. The molecule has 2 aliphatic carbocycles. The van der Waals surface area contributed by atoms with Gasteiger partial charge in [0.1, 0.15) is 0 Å². The summed E-state index contributed by atoms with van der Waals surface area (Å²) >= 11 is 0. The monoisotopic (exact) mass is 329 g/mol. The molecule has 0 aromatic heterocycles. The van der Waals surface area contributed by atoms with Crippen LogP contribution >= 0.6 is 0 Å². The predicted molar refractivity (Wildman–Crippen MR) is 88.9 cm³/mol. The normalized spacial score (nSPS) is 26.6. The molecule has 0 radical (unpaired) electrons. The molecule has 1 aliphatic heterocycles. The van der Waals surface area contributed by atoms with Crippen molar-refractivity contribution in [2.24, 2.45) is 5.92 Å². The highest BCUT2D eigenvalue weighted by Crippen LogP contribution is 2.29. The molecule has 3 fully saturated rings. The molecule has 1 heterocycles. The van der Waals surface area contributed by atoms with E-state index >= 15 is 0 Å². The van der Waals surface area contributed by atoms with Crippen molar-refractivity contribution in [3.8, 4) is 0 Å². The van der Waals surface area contributed by atoms with Crippen molar-refractivity contribution in [2.45, 2.75) is 69.9 Å². The maximum absolute atomic E-state index is 12.8. The molecule has 0 unspecified atom stereocenters. The minimum Gasteiger partial charge on any atom is -0.314 e. The fourth-order valence-electron chi connectivity index (χ4n) is 3.76. The van der Waals surface area contributed by atoms with Gasteiger partial charge in [0.15, 0.2) is 0 Å². The molecular weight excluding hydrogens is 298 g/mol. The summed E-state index contributed by atoms with van der Waals surface area (Å²) in [5.41, 5.74) is 0. The molecule has 0 spiro atoms. The number of hydrogen-bond acceptors (Lipinski definition) is 3. The third-order valence-electron chi connectivity index (χ3n) is 5.63. The highest BCUT2D eigenvalue weighted by Gasteiger charge is 2.35. The van der Waals surface area contributed by atoms with Gasteiger partial charge in [0.25, 0.3) is 10.2 Å². The molecule has 2 saturated carbocycles. The third-order valence-corrected chi connectivity index (χ3v) is 7.67. The van der Waals surface area contributed by atoms with E-state index in [0.717, 1.165) is 51.0 Å². The van der Waals surface area contributed by atoms with Crippen LogP contribution in [0, 0.1) is 5.92 Å². The second kappa shape index (κ2) is 7.16. The van der Waals surface area contributed by atoms with Crippen LogP contribution in [0.4, 0.5) is 0 Å². The first-order valence-corrected chi connectivity index (χ1v) is 10.4. The average molecular weight is 330 g/mol. The van der Waals surface area contributed by atoms with Gasteiger partial charge in [-0.1, -0.05) is 19.3 Å². The van der Waals surface area contributed by atoms with E-state index in [2.05, 4.69) is 5.32 Å². The van der Waals surface area contributed by atoms with E-state index in [1.807, 2.05) is 0 Å². The summed E-state index contributed by atoms with van der Waals surface area (Å²) < 4.78 is 29.0. The topological polar surface area (TPSA) is 52.7 Å². The summed E-state index contributed by atoms with van der Waals surface area (Å²) in [5.74, 6) is 0.888. The Hall–Kier alpha value is -0.170. The summed E-state index contributed by atoms with van der Waals surface area (Å²) in [4.78, 5) is 0. The number of rotatable bonds is 6. The van der Waals surface area contributed by atoms with Crippen molar-refractivity contribution < 1.29 is 8.42 Å². The fourth-order valence-corrected chi connectivity index (χ4v) is 5.39. The zero-order chi connectivity index (χ0) is 15.6. The van der Waals surface area contributed by atoms with Gasteiger partial charge in [-0.3, -0.25) is 0 Å². The number of hydrogen-bond donors (Lipinski definition) is 1. The number of nitrogens with zero attached hydrogens (tertiary/aromatic N) is 2. The first kappa shape index (κ1) is 16.7. The van der Waals surface area contributed by atoms with E-state index in [0.29, 0.717) is 19.1 Å². The van der Waals surface area contributed by atoms with Crippen molar-refractivity contribution in [3.05, 3.63) is 0 Å². The Morgan fingerprint density at radius 3 is 2.23 bits per heavy atom. The maximum Gasteiger partial charge on any atom is 0.281 e. The lowest BCUT2D eigenvalue weighted by atomic mass is 9.96. The van der Waals surface area contributed by atoms with E-state index in [9.17, 15) is 8.42 Å². The predicted octanol–water partition coefficient (Wildman–Crippen LogP) is 1.96. The lowest BCUT2D eigenvalue weighted by Crippen LogP contribution is -2.51. The van der Waals surface area contributed by atoms with Gasteiger partial charge in [0, 0.05) is 32.2 Å². The second-order valence-corrected chi connectivity index (χ2v) is 9.33. The lowest BCUT2D eigenvalue weighted by molar-refractivity contribution is 0.238. The van der Waals surface area contributed by atoms with Gasteiger partial charge in [0.2, 0.25) is 0 Å². The second-order valence-electron chi connectivity index (χ2n) is 7.34. The van der Waals surface area contributed by atoms with Crippen LogP contribution in [0.1, 0.15) is 57.8 Å². The minimum atomic E-state index is -3.27. The molecule has 1 saturated heterocycles. The molecule has 0 aromatic carbocycles. The zero-order valence-electron chi connectivity index (χ0n) is 13.8. The molecule has 5 nitrogen and oxygen atoms in total. The van der Waals surface area contributed by atoms with Gasteiger partial charge in [-0.2, -0.15) is 17.0 Å². The molecule has 22 heavy (non-hydrogen) atoms. The van der Waals surface area contributed by atoms with E-state index in [1.165, 1.54) is 19.3 Å². The SMILES string of the molecule is CN(C1CCCCC1)S(=O)(=O)N1CCC(NCC2CC2)CC1. The smallest absolute Gasteiger partial charge is 0.281 e. The molecule has 0 amide bonds. The van der Waals surface area contributed by atoms with Crippen molar-refractivity contribution >= 4 is 10.2 Å². The first-order valence-electron chi connectivity index (χ1n) is 9.04. The third kappa shape index (κ3) is 4.02. The molecule has 0 bridgehead atoms. The molecule has 3 rings (SSSR count). The van der Waals surface area contributed by atoms with Gasteiger partial charge in [-0.05, 0) is 51.0 Å². The standard InChI is InChI=1S/C16H31N3O2S/c1-18(16-5-3-2-4-6-16)22(20,21)19-11-9-15(10-12-19)17-13-14-7-8-14/h14-17H,2-13H2,1H3. The van der Waals surface area contributed by atoms with Crippen molar-refractivity contribution in [1.29, 1.82) is 0 Å². The van der Waals surface area contributed by atoms with Crippen molar-refractivity contribution in [3.63, 3.8) is 0 Å². The molecule has 128 valence electrons. The quantitative estimate of drug-likeness (QED) is 0.810. The van der Waals surface area contributed by atoms with Gasteiger partial charge in [0.05, 0.1) is 0 Å². The van der Waals surface area contributed by atoms with E-state index < -0.39 is 10.2 Å². The van der Waals surface area contributed by atoms with E-state index in [4.69, 9.17) is 0 Å². The van der Waals surface area contributed by atoms with Crippen LogP contribution in [0.3, 0.4) is 0 Å². The summed E-state index contributed by atoms with van der Waals surface area (Å²) in [6.45, 7) is 2.46. The highest BCUT2D eigenvalue weighted by molar-refractivity contribution is 7.86. The Bertz CT molecular complexity index is 450. The Morgan fingerprint density at radius 2 is 1.64 bits per heavy atom. The van der Waals surface area contributed by atoms with Crippen molar-refractivity contribution in [2.75, 3.05) is 26.7 Å². The molecule has 3 aliphatic rings. The number of nitrogens with one attached hydrogen (secondary N) is 1. The van der Waals surface area contributed by atoms with E-state index in [-0.39, 0.29) is 6.04 Å². The highest BCUT2D eigenvalue weighted by atomic mass is 32.2. The molecule has 6 heteroatoms. The lowest BCUT2D eigenvalue weighted by Gasteiger charge is -2.37. The largest absolute Gasteiger partial charge is 0.314 e. The Labute approximate surface area is 135 Å². The minimum absolute atomic E-state index is 0.212. The fraction of sp³-hybridized carbons (Fsp3) is 1.00. The van der Waals surface area contributed by atoms with Crippen LogP contribution in [0.5, 0.6) is 0 Å².